The molecule has 4 aliphatic rings. The number of aromatic amines is 1. The van der Waals surface area contributed by atoms with Crippen LogP contribution < -0.4 is 16.9 Å². The van der Waals surface area contributed by atoms with Gasteiger partial charge in [0, 0.05) is 35.9 Å². The van der Waals surface area contributed by atoms with E-state index in [1.807, 2.05) is 28.8 Å². The molecule has 8 heteroatoms. The van der Waals surface area contributed by atoms with Crippen LogP contribution in [-0.2, 0) is 0 Å². The predicted molar refractivity (Wildman–Crippen MR) is 151 cm³/mol. The topological polar surface area (TPSA) is 114 Å². The molecule has 0 spiro atoms. The van der Waals surface area contributed by atoms with Gasteiger partial charge in [0.15, 0.2) is 0 Å². The molecular formula is C31H37N5O3. The SMILES string of the molecule is NC(=O)c1cc(-c2nc3ccccc3n(C3CC4CCCC(C3)N4C3CC4CCCC(C4)C3)c2=O)c[nH]c1=O. The Morgan fingerprint density at radius 1 is 0.872 bits per heavy atom. The highest BCUT2D eigenvalue weighted by Gasteiger charge is 2.45. The van der Waals surface area contributed by atoms with Crippen LogP contribution in [0.1, 0.15) is 87.0 Å². The van der Waals surface area contributed by atoms with Crippen LogP contribution in [0.3, 0.4) is 0 Å². The van der Waals surface area contributed by atoms with E-state index in [0.717, 1.165) is 35.7 Å². The van der Waals surface area contributed by atoms with Crippen LogP contribution in [0, 0.1) is 11.8 Å². The van der Waals surface area contributed by atoms with Gasteiger partial charge in [-0.25, -0.2) is 4.98 Å². The summed E-state index contributed by atoms with van der Waals surface area (Å²) < 4.78 is 1.96. The number of para-hydroxylation sites is 2. The molecule has 1 aromatic carbocycles. The second-order valence-corrected chi connectivity index (χ2v) is 12.5. The van der Waals surface area contributed by atoms with E-state index >= 15 is 0 Å². The normalized spacial score (nSPS) is 30.8. The fourth-order valence-corrected chi connectivity index (χ4v) is 8.64. The van der Waals surface area contributed by atoms with Crippen LogP contribution in [0.5, 0.6) is 0 Å². The monoisotopic (exact) mass is 527 g/mol. The zero-order chi connectivity index (χ0) is 26.7. The third-order valence-corrected chi connectivity index (χ3v) is 10.1. The molecule has 4 heterocycles. The van der Waals surface area contributed by atoms with Crippen molar-refractivity contribution in [2.45, 2.75) is 94.8 Å². The predicted octanol–water partition coefficient (Wildman–Crippen LogP) is 4.38. The number of rotatable bonds is 4. The van der Waals surface area contributed by atoms with E-state index in [4.69, 9.17) is 10.7 Å². The molecule has 2 aliphatic carbocycles. The Labute approximate surface area is 227 Å². The van der Waals surface area contributed by atoms with Crippen LogP contribution in [0.15, 0.2) is 46.1 Å². The molecular weight excluding hydrogens is 490 g/mol. The van der Waals surface area contributed by atoms with Gasteiger partial charge in [-0.15, -0.1) is 0 Å². The van der Waals surface area contributed by atoms with Crippen molar-refractivity contribution in [3.63, 3.8) is 0 Å². The lowest BCUT2D eigenvalue weighted by molar-refractivity contribution is -0.0485. The van der Waals surface area contributed by atoms with E-state index in [2.05, 4.69) is 9.88 Å². The Kier molecular flexibility index (Phi) is 6.18. The highest BCUT2D eigenvalue weighted by Crippen LogP contribution is 2.47. The molecule has 0 radical (unpaired) electrons. The lowest BCUT2D eigenvalue weighted by Crippen LogP contribution is -2.58. The third kappa shape index (κ3) is 4.33. The quantitative estimate of drug-likeness (QED) is 0.523. The van der Waals surface area contributed by atoms with E-state index < -0.39 is 11.5 Å². The fourth-order valence-electron chi connectivity index (χ4n) is 8.64. The Morgan fingerprint density at radius 2 is 1.56 bits per heavy atom. The Hall–Kier alpha value is -3.26. The van der Waals surface area contributed by atoms with Crippen LogP contribution in [0.2, 0.25) is 0 Å². The van der Waals surface area contributed by atoms with Crippen molar-refractivity contribution in [2.75, 3.05) is 0 Å². The van der Waals surface area contributed by atoms with Crippen molar-refractivity contribution in [3.8, 4) is 11.3 Å². The minimum atomic E-state index is -0.828. The lowest BCUT2D eigenvalue weighted by Gasteiger charge is -2.55. The Balaban J connectivity index is 1.27. The fraction of sp³-hybridized carbons (Fsp3) is 0.548. The second kappa shape index (κ2) is 9.73. The summed E-state index contributed by atoms with van der Waals surface area (Å²) in [7, 11) is 0. The number of hydrogen-bond acceptors (Lipinski definition) is 5. The van der Waals surface area contributed by atoms with E-state index in [1.54, 1.807) is 0 Å². The van der Waals surface area contributed by atoms with Gasteiger partial charge in [0.2, 0.25) is 0 Å². The van der Waals surface area contributed by atoms with E-state index in [0.29, 0.717) is 23.7 Å². The molecule has 4 fully saturated rings. The average molecular weight is 528 g/mol. The largest absolute Gasteiger partial charge is 0.365 e. The van der Waals surface area contributed by atoms with E-state index in [9.17, 15) is 14.4 Å². The van der Waals surface area contributed by atoms with Crippen LogP contribution >= 0.6 is 0 Å². The number of primary amides is 1. The summed E-state index contributed by atoms with van der Waals surface area (Å²) in [5, 5.41) is 0. The number of pyridine rings is 1. The molecule has 2 saturated carbocycles. The van der Waals surface area contributed by atoms with Crippen LogP contribution in [0.25, 0.3) is 22.3 Å². The number of aromatic nitrogens is 3. The lowest BCUT2D eigenvalue weighted by atomic mass is 9.68. The second-order valence-electron chi connectivity index (χ2n) is 12.5. The van der Waals surface area contributed by atoms with E-state index in [-0.39, 0.29) is 22.9 Å². The standard InChI is InChI=1S/C31H37N5O3/c32-29(37)25-14-20(17-33-30(25)38)28-31(39)36(27-10-2-1-9-26(27)34-28)24-15-21-7-4-8-22(16-24)35(21)23-12-18-5-3-6-19(11-18)13-23/h1-2,9-10,14,17-19,21-24H,3-8,11-13,15-16H2,(H2,32,37)(H,33,38). The summed E-state index contributed by atoms with van der Waals surface area (Å²) in [5.74, 6) is 0.974. The molecule has 2 saturated heterocycles. The number of benzene rings is 1. The first-order chi connectivity index (χ1) is 19.0. The minimum absolute atomic E-state index is 0.0807. The molecule has 2 aliphatic heterocycles. The smallest absolute Gasteiger partial charge is 0.277 e. The van der Waals surface area contributed by atoms with Gasteiger partial charge in [-0.05, 0) is 75.0 Å². The summed E-state index contributed by atoms with van der Waals surface area (Å²) in [6.45, 7) is 0. The van der Waals surface area contributed by atoms with Gasteiger partial charge < -0.3 is 15.3 Å². The molecule has 4 unspecified atom stereocenters. The zero-order valence-corrected chi connectivity index (χ0v) is 22.4. The summed E-state index contributed by atoms with van der Waals surface area (Å²) in [6, 6.07) is 11.0. The molecule has 2 aromatic heterocycles. The van der Waals surface area contributed by atoms with Gasteiger partial charge in [-0.2, -0.15) is 0 Å². The summed E-state index contributed by atoms with van der Waals surface area (Å²) in [4.78, 5) is 48.3. The van der Waals surface area contributed by atoms with Crippen molar-refractivity contribution in [1.82, 2.24) is 19.4 Å². The number of H-pyrrole nitrogens is 1. The van der Waals surface area contributed by atoms with Crippen molar-refractivity contribution >= 4 is 16.9 Å². The highest BCUT2D eigenvalue weighted by atomic mass is 16.2. The first-order valence-electron chi connectivity index (χ1n) is 14.8. The maximum atomic E-state index is 14.2. The molecule has 3 N–H and O–H groups in total. The first-order valence-corrected chi connectivity index (χ1v) is 14.8. The van der Waals surface area contributed by atoms with Crippen LogP contribution in [0.4, 0.5) is 0 Å². The molecule has 204 valence electrons. The number of nitrogens with zero attached hydrogens (tertiary/aromatic N) is 3. The molecule has 4 atom stereocenters. The molecule has 4 bridgehead atoms. The molecule has 1 amide bonds. The number of carbonyl (C=O) groups is 1. The molecule has 8 nitrogen and oxygen atoms in total. The Morgan fingerprint density at radius 3 is 2.28 bits per heavy atom. The molecule has 3 aromatic rings. The van der Waals surface area contributed by atoms with Crippen LogP contribution in [-0.4, -0.2) is 43.5 Å². The third-order valence-electron chi connectivity index (χ3n) is 10.1. The first kappa shape index (κ1) is 24.8. The number of fused-ring (bicyclic) bond motifs is 5. The molecule has 7 rings (SSSR count). The van der Waals surface area contributed by atoms with Gasteiger partial charge >= 0.3 is 0 Å². The van der Waals surface area contributed by atoms with Gasteiger partial charge in [0.25, 0.3) is 17.0 Å². The number of nitrogens with two attached hydrogens (primary N) is 1. The number of hydrogen-bond donors (Lipinski definition) is 2. The maximum Gasteiger partial charge on any atom is 0.277 e. The average Bonchev–Trinajstić information content (AvgIpc) is 2.92. The van der Waals surface area contributed by atoms with Crippen molar-refractivity contribution < 1.29 is 4.79 Å². The summed E-state index contributed by atoms with van der Waals surface area (Å²) >= 11 is 0. The van der Waals surface area contributed by atoms with E-state index in [1.165, 1.54) is 70.1 Å². The number of carbonyl (C=O) groups excluding carboxylic acids is 1. The minimum Gasteiger partial charge on any atom is -0.365 e. The number of amides is 1. The van der Waals surface area contributed by atoms with Crippen molar-refractivity contribution in [3.05, 3.63) is 62.8 Å². The van der Waals surface area contributed by atoms with Gasteiger partial charge in [-0.3, -0.25) is 19.3 Å². The van der Waals surface area contributed by atoms with Crippen molar-refractivity contribution in [1.29, 1.82) is 0 Å². The number of nitrogens with one attached hydrogen (secondary N) is 1. The van der Waals surface area contributed by atoms with Gasteiger partial charge in [0.05, 0.1) is 11.0 Å². The molecule has 39 heavy (non-hydrogen) atoms. The number of piperidine rings is 2. The van der Waals surface area contributed by atoms with Gasteiger partial charge in [0.1, 0.15) is 11.3 Å². The maximum absolute atomic E-state index is 14.2. The summed E-state index contributed by atoms with van der Waals surface area (Å²) in [5.41, 5.74) is 6.71. The summed E-state index contributed by atoms with van der Waals surface area (Å²) in [6.07, 6.45) is 15.4. The van der Waals surface area contributed by atoms with Crippen molar-refractivity contribution in [2.24, 2.45) is 17.6 Å². The van der Waals surface area contributed by atoms with Gasteiger partial charge in [-0.1, -0.05) is 37.8 Å². The zero-order valence-electron chi connectivity index (χ0n) is 22.4. The highest BCUT2D eigenvalue weighted by molar-refractivity contribution is 5.93. The Bertz CT molecular complexity index is 1520.